The molecule has 1 aliphatic carbocycles. The number of aromatic nitrogens is 1. The van der Waals surface area contributed by atoms with Gasteiger partial charge in [-0.15, -0.1) is 0 Å². The van der Waals surface area contributed by atoms with E-state index in [4.69, 9.17) is 11.6 Å². The summed E-state index contributed by atoms with van der Waals surface area (Å²) < 4.78 is 27.9. The number of nitrogens with zero attached hydrogens (tertiary/aromatic N) is 2. The number of piperidine rings is 1. The smallest absolute Gasteiger partial charge is 0.223 e. The lowest BCUT2D eigenvalue weighted by molar-refractivity contribution is -0.132. The zero-order chi connectivity index (χ0) is 25.6. The number of hydrogen-bond acceptors (Lipinski definition) is 5. The van der Waals surface area contributed by atoms with Crippen molar-refractivity contribution in [3.05, 3.63) is 58.7 Å². The molecule has 1 fully saturated rings. The minimum Gasteiger partial charge on any atom is -0.375 e. The highest BCUT2D eigenvalue weighted by Gasteiger charge is 2.40. The minimum absolute atomic E-state index is 0.0347. The van der Waals surface area contributed by atoms with Gasteiger partial charge in [0.25, 0.3) is 0 Å². The van der Waals surface area contributed by atoms with E-state index in [0.717, 1.165) is 47.1 Å². The lowest BCUT2D eigenvalue weighted by atomic mass is 9.82. The Hall–Kier alpha value is -2.84. The molecule has 1 saturated heterocycles. The van der Waals surface area contributed by atoms with E-state index in [1.54, 1.807) is 41.3 Å². The Morgan fingerprint density at radius 3 is 2.47 bits per heavy atom. The molecule has 9 heteroatoms. The largest absolute Gasteiger partial charge is 0.375 e. The summed E-state index contributed by atoms with van der Waals surface area (Å²) in [7, 11) is 0.232. The fourth-order valence-corrected chi connectivity index (χ4v) is 7.10. The number of amides is 1. The summed E-state index contributed by atoms with van der Waals surface area (Å²) in [6, 6.07) is 12.2. The van der Waals surface area contributed by atoms with Gasteiger partial charge in [0.2, 0.25) is 5.91 Å². The summed E-state index contributed by atoms with van der Waals surface area (Å²) in [5.74, 6) is 0.972. The first-order valence-corrected chi connectivity index (χ1v) is 14.3. The van der Waals surface area contributed by atoms with E-state index in [-0.39, 0.29) is 40.6 Å². The molecule has 7 nitrogen and oxygen atoms in total. The molecule has 1 aromatic heterocycles. The standard InChI is InChI=1S/C27H30ClN3O4S/c1-29-25-16-23-24(30(25)2)15-22(27(23)33)17-7-10-31(11-8-17)26(32)9-12-36(34,35)21-6-4-18-13-20(28)5-3-19(18)14-21/h3-6,13-14,16-17,22,29H,7-12,15H2,1-2H3. The van der Waals surface area contributed by atoms with Gasteiger partial charge in [-0.25, -0.2) is 8.42 Å². The zero-order valence-electron chi connectivity index (χ0n) is 20.5. The number of hydrogen-bond donors (Lipinski definition) is 1. The lowest BCUT2D eigenvalue weighted by Crippen LogP contribution is -2.41. The van der Waals surface area contributed by atoms with Gasteiger partial charge in [-0.2, -0.15) is 0 Å². The molecule has 1 aliphatic heterocycles. The number of benzene rings is 2. The number of carbonyl (C=O) groups is 2. The van der Waals surface area contributed by atoms with Crippen molar-refractivity contribution in [1.29, 1.82) is 0 Å². The Bertz CT molecular complexity index is 1460. The second kappa shape index (κ2) is 9.56. The van der Waals surface area contributed by atoms with Crippen LogP contribution in [0.3, 0.4) is 0 Å². The highest BCUT2D eigenvalue weighted by Crippen LogP contribution is 2.38. The average Bonchev–Trinajstić information content (AvgIpc) is 3.37. The molecular weight excluding hydrogens is 498 g/mol. The van der Waals surface area contributed by atoms with Crippen LogP contribution in [0.25, 0.3) is 10.8 Å². The van der Waals surface area contributed by atoms with Gasteiger partial charge in [0.15, 0.2) is 15.6 Å². The first kappa shape index (κ1) is 24.8. The number of fused-ring (bicyclic) bond motifs is 2. The Morgan fingerprint density at radius 1 is 1.08 bits per heavy atom. The van der Waals surface area contributed by atoms with E-state index in [1.807, 2.05) is 20.2 Å². The molecule has 36 heavy (non-hydrogen) atoms. The Kier molecular flexibility index (Phi) is 6.59. The van der Waals surface area contributed by atoms with Gasteiger partial charge >= 0.3 is 0 Å². The van der Waals surface area contributed by atoms with E-state index in [0.29, 0.717) is 18.1 Å². The predicted octanol–water partition coefficient (Wildman–Crippen LogP) is 4.33. The third kappa shape index (κ3) is 4.52. The lowest BCUT2D eigenvalue weighted by Gasteiger charge is -2.34. The molecule has 2 heterocycles. The molecule has 2 aromatic carbocycles. The molecule has 1 N–H and O–H groups in total. The van der Waals surface area contributed by atoms with Crippen LogP contribution in [0.1, 0.15) is 35.3 Å². The second-order valence-corrected chi connectivity index (χ2v) is 12.4. The Balaban J connectivity index is 1.16. The summed E-state index contributed by atoms with van der Waals surface area (Å²) >= 11 is 6.01. The molecule has 1 unspecified atom stereocenters. The number of anilines is 1. The number of ketones is 1. The molecule has 3 aromatic rings. The van der Waals surface area contributed by atoms with Crippen molar-refractivity contribution in [2.24, 2.45) is 18.9 Å². The van der Waals surface area contributed by atoms with Crippen molar-refractivity contribution in [3.8, 4) is 0 Å². The second-order valence-electron chi connectivity index (χ2n) is 9.81. The van der Waals surface area contributed by atoms with Crippen molar-refractivity contribution >= 4 is 49.7 Å². The number of rotatable bonds is 6. The van der Waals surface area contributed by atoms with E-state index >= 15 is 0 Å². The summed E-state index contributed by atoms with van der Waals surface area (Å²) in [5.41, 5.74) is 1.89. The molecule has 1 amide bonds. The van der Waals surface area contributed by atoms with Crippen molar-refractivity contribution in [1.82, 2.24) is 9.47 Å². The molecule has 0 radical (unpaired) electrons. The van der Waals surface area contributed by atoms with E-state index in [9.17, 15) is 18.0 Å². The fraction of sp³-hybridized carbons (Fsp3) is 0.407. The highest BCUT2D eigenvalue weighted by atomic mass is 35.5. The highest BCUT2D eigenvalue weighted by molar-refractivity contribution is 7.91. The van der Waals surface area contributed by atoms with Crippen molar-refractivity contribution < 1.29 is 18.0 Å². The number of nitrogens with one attached hydrogen (secondary N) is 1. The summed E-state index contributed by atoms with van der Waals surface area (Å²) in [4.78, 5) is 27.8. The number of sulfone groups is 1. The van der Waals surface area contributed by atoms with Gasteiger partial charge in [0.05, 0.1) is 10.6 Å². The third-order valence-corrected chi connectivity index (χ3v) is 9.76. The number of carbonyl (C=O) groups excluding carboxylic acids is 2. The Labute approximate surface area is 216 Å². The van der Waals surface area contributed by atoms with Gasteiger partial charge in [-0.3, -0.25) is 9.59 Å². The van der Waals surface area contributed by atoms with Crippen LogP contribution in [0, 0.1) is 11.8 Å². The van der Waals surface area contributed by atoms with Crippen LogP contribution in [0.4, 0.5) is 5.82 Å². The molecule has 0 bridgehead atoms. The third-order valence-electron chi connectivity index (χ3n) is 7.81. The minimum atomic E-state index is -3.59. The fourth-order valence-electron chi connectivity index (χ4n) is 5.66. The summed E-state index contributed by atoms with van der Waals surface area (Å²) in [6.07, 6.45) is 2.21. The maximum absolute atomic E-state index is 13.0. The van der Waals surface area contributed by atoms with Crippen LogP contribution < -0.4 is 5.32 Å². The van der Waals surface area contributed by atoms with Crippen molar-refractivity contribution in [2.75, 3.05) is 31.2 Å². The van der Waals surface area contributed by atoms with E-state index < -0.39 is 9.84 Å². The molecule has 2 aliphatic rings. The van der Waals surface area contributed by atoms with Crippen LogP contribution in [-0.2, 0) is 28.1 Å². The van der Waals surface area contributed by atoms with Crippen LogP contribution in [-0.4, -0.2) is 55.5 Å². The molecule has 0 saturated carbocycles. The number of Topliss-reactive ketones (excluding diaryl/α,β-unsaturated/α-hetero) is 1. The van der Waals surface area contributed by atoms with E-state index in [1.165, 1.54) is 0 Å². The number of likely N-dealkylation sites (tertiary alicyclic amines) is 1. The topological polar surface area (TPSA) is 88.5 Å². The first-order chi connectivity index (χ1) is 17.2. The predicted molar refractivity (Wildman–Crippen MR) is 141 cm³/mol. The first-order valence-electron chi connectivity index (χ1n) is 12.3. The maximum Gasteiger partial charge on any atom is 0.223 e. The SMILES string of the molecule is CNc1cc2c(n1C)CC(C1CCN(C(=O)CCS(=O)(=O)c3ccc4cc(Cl)ccc4c3)CC1)C2=O. The maximum atomic E-state index is 13.0. The van der Waals surface area contributed by atoms with Crippen LogP contribution in [0.2, 0.25) is 5.02 Å². The van der Waals surface area contributed by atoms with E-state index in [2.05, 4.69) is 9.88 Å². The molecule has 5 rings (SSSR count). The summed E-state index contributed by atoms with van der Waals surface area (Å²) in [6.45, 7) is 1.12. The quantitative estimate of drug-likeness (QED) is 0.515. The molecule has 0 spiro atoms. The Morgan fingerprint density at radius 2 is 1.78 bits per heavy atom. The van der Waals surface area contributed by atoms with Gasteiger partial charge in [0, 0.05) is 55.8 Å². The average molecular weight is 528 g/mol. The van der Waals surface area contributed by atoms with Gasteiger partial charge < -0.3 is 14.8 Å². The van der Waals surface area contributed by atoms with Crippen molar-refractivity contribution in [3.63, 3.8) is 0 Å². The van der Waals surface area contributed by atoms with Crippen LogP contribution in [0.15, 0.2) is 47.4 Å². The zero-order valence-corrected chi connectivity index (χ0v) is 22.0. The van der Waals surface area contributed by atoms with Crippen molar-refractivity contribution in [2.45, 2.75) is 30.6 Å². The van der Waals surface area contributed by atoms with Crippen LogP contribution >= 0.6 is 11.6 Å². The molecule has 1 atom stereocenters. The van der Waals surface area contributed by atoms with Gasteiger partial charge in [0.1, 0.15) is 5.82 Å². The van der Waals surface area contributed by atoms with Gasteiger partial charge in [-0.1, -0.05) is 23.7 Å². The molecule has 190 valence electrons. The molecular formula is C27H30ClN3O4S. The normalized spacial score (nSPS) is 18.6. The van der Waals surface area contributed by atoms with Crippen LogP contribution in [0.5, 0.6) is 0 Å². The number of halogens is 1. The monoisotopic (exact) mass is 527 g/mol. The summed E-state index contributed by atoms with van der Waals surface area (Å²) in [5, 5.41) is 5.37. The van der Waals surface area contributed by atoms with Gasteiger partial charge in [-0.05, 0) is 66.3 Å².